The summed E-state index contributed by atoms with van der Waals surface area (Å²) in [5.41, 5.74) is 7.29. The quantitative estimate of drug-likeness (QED) is 0.415. The molecule has 0 fully saturated rings. The second-order valence-electron chi connectivity index (χ2n) is 7.12. The molecule has 1 aliphatic heterocycles. The van der Waals surface area contributed by atoms with Gasteiger partial charge in [-0.05, 0) is 24.3 Å². The van der Waals surface area contributed by atoms with Gasteiger partial charge in [0.15, 0.2) is 11.7 Å². The van der Waals surface area contributed by atoms with Crippen molar-refractivity contribution < 1.29 is 18.0 Å². The number of urea groups is 1. The molecule has 2 aromatic carbocycles. The van der Waals surface area contributed by atoms with Gasteiger partial charge < -0.3 is 5.73 Å². The van der Waals surface area contributed by atoms with Crippen LogP contribution < -0.4 is 10.3 Å². The predicted octanol–water partition coefficient (Wildman–Crippen LogP) is 5.69. The number of aromatic nitrogens is 1. The summed E-state index contributed by atoms with van der Waals surface area (Å²) in [6, 6.07) is 15.4. The monoisotopic (exact) mass is 445 g/mol. The molecule has 3 aromatic rings. The number of nitrogens with two attached hydrogens (primary N) is 1. The number of halogens is 4. The second-order valence-corrected chi connectivity index (χ2v) is 7.50. The number of hydrogen-bond acceptors (Lipinski definition) is 3. The molecule has 0 spiro atoms. The molecule has 1 aromatic heterocycles. The first-order valence-electron chi connectivity index (χ1n) is 9.34. The number of benzene rings is 2. The van der Waals surface area contributed by atoms with E-state index >= 15 is 0 Å². The van der Waals surface area contributed by atoms with Crippen LogP contribution in [0.5, 0.6) is 0 Å². The molecule has 0 saturated heterocycles. The average Bonchev–Trinajstić information content (AvgIpc) is 3.16. The zero-order valence-corrected chi connectivity index (χ0v) is 16.8. The van der Waals surface area contributed by atoms with Crippen molar-refractivity contribution in [2.75, 3.05) is 0 Å². The Bertz CT molecular complexity index is 1130. The fourth-order valence-electron chi connectivity index (χ4n) is 3.79. The molecule has 0 aliphatic carbocycles. The maximum Gasteiger partial charge on any atom is 0.446 e. The summed E-state index contributed by atoms with van der Waals surface area (Å²) in [4.78, 5) is 16.9. The van der Waals surface area contributed by atoms with E-state index in [-0.39, 0.29) is 10.8 Å². The lowest BCUT2D eigenvalue weighted by Crippen LogP contribution is -2.53. The molecule has 158 valence electrons. The number of amides is 2. The Hall–Kier alpha value is -3.23. The molecule has 5 nitrogen and oxygen atoms in total. The highest BCUT2D eigenvalue weighted by molar-refractivity contribution is 6.29. The van der Waals surface area contributed by atoms with Crippen LogP contribution in [0.4, 0.5) is 23.7 Å². The van der Waals surface area contributed by atoms with Crippen LogP contribution in [0.15, 0.2) is 78.0 Å². The van der Waals surface area contributed by atoms with E-state index in [2.05, 4.69) is 10.1 Å². The van der Waals surface area contributed by atoms with Gasteiger partial charge in [0.1, 0.15) is 10.9 Å². The van der Waals surface area contributed by atoms with Gasteiger partial charge in [-0.1, -0.05) is 51.6 Å². The Kier molecular flexibility index (Phi) is 5.28. The third kappa shape index (κ3) is 3.80. The summed E-state index contributed by atoms with van der Waals surface area (Å²) in [6.45, 7) is 0. The summed E-state index contributed by atoms with van der Waals surface area (Å²) in [5, 5.41) is 4.94. The van der Waals surface area contributed by atoms with Gasteiger partial charge in [0, 0.05) is 29.5 Å². The van der Waals surface area contributed by atoms with E-state index in [1.165, 1.54) is 18.3 Å². The molecule has 4 rings (SSSR count). The Morgan fingerprint density at radius 3 is 2.26 bits per heavy atom. The molecule has 2 unspecified atom stereocenters. The number of pyridine rings is 1. The molecule has 2 amide bonds. The Morgan fingerprint density at radius 1 is 1.03 bits per heavy atom. The van der Waals surface area contributed by atoms with Crippen molar-refractivity contribution in [2.45, 2.75) is 18.6 Å². The summed E-state index contributed by atoms with van der Waals surface area (Å²) >= 11 is 5.91. The fourth-order valence-corrected chi connectivity index (χ4v) is 3.90. The first-order chi connectivity index (χ1) is 14.7. The van der Waals surface area contributed by atoms with E-state index in [0.29, 0.717) is 17.7 Å². The number of rotatable bonds is 3. The van der Waals surface area contributed by atoms with Gasteiger partial charge >= 0.3 is 12.2 Å². The maximum atomic E-state index is 13.1. The lowest BCUT2D eigenvalue weighted by atomic mass is 9.98. The summed E-state index contributed by atoms with van der Waals surface area (Å²) < 4.78 is 38.5. The number of hydrogen-bond donors (Lipinski definition) is 1. The van der Waals surface area contributed by atoms with E-state index in [0.717, 1.165) is 17.7 Å². The van der Waals surface area contributed by atoms with E-state index in [1.54, 1.807) is 12.1 Å². The van der Waals surface area contributed by atoms with Crippen LogP contribution in [0.2, 0.25) is 5.15 Å². The summed E-state index contributed by atoms with van der Waals surface area (Å²) in [7, 11) is 0. The highest BCUT2D eigenvalue weighted by atomic mass is 35.5. The van der Waals surface area contributed by atoms with Gasteiger partial charge in [0.05, 0.1) is 12.0 Å². The molecular weight excluding hydrogens is 429 g/mol. The number of carbonyl (C=O) groups is 1. The molecule has 0 bridgehead atoms. The zero-order chi connectivity index (χ0) is 22.2. The Labute approximate surface area is 181 Å². The highest BCUT2D eigenvalue weighted by Gasteiger charge is 2.53. The molecule has 0 saturated carbocycles. The van der Waals surface area contributed by atoms with E-state index in [1.807, 2.05) is 30.3 Å². The molecule has 0 radical (unpaired) electrons. The average molecular weight is 446 g/mol. The zero-order valence-electron chi connectivity index (χ0n) is 16.1. The van der Waals surface area contributed by atoms with Crippen LogP contribution >= 0.6 is 11.6 Å². The van der Waals surface area contributed by atoms with Gasteiger partial charge in [-0.25, -0.2) is 9.78 Å². The molecule has 31 heavy (non-hydrogen) atoms. The number of primary amides is 1. The standard InChI is InChI=1S/C22H16ClF3N4O/c23-20-11-6-15(13-28-20)19-12-18(14-4-2-1-3-5-14)29-30(19,21(27)31)17-9-7-16(8-10-17)22(24,25)26/h1-11,13,19H,12H2,(H-,27,31)/p+1. The van der Waals surface area contributed by atoms with Crippen LogP contribution in [0.1, 0.15) is 29.2 Å². The second kappa shape index (κ2) is 7.79. The van der Waals surface area contributed by atoms with Gasteiger partial charge in [-0.2, -0.15) is 13.2 Å². The molecular formula is C22H17ClF3N4O+. The predicted molar refractivity (Wildman–Crippen MR) is 112 cm³/mol. The lowest BCUT2D eigenvalue weighted by Gasteiger charge is -2.30. The largest absolute Gasteiger partial charge is 0.446 e. The third-order valence-corrected chi connectivity index (χ3v) is 5.51. The van der Waals surface area contributed by atoms with Gasteiger partial charge in [-0.3, -0.25) is 0 Å². The molecule has 2 atom stereocenters. The van der Waals surface area contributed by atoms with Crippen molar-refractivity contribution in [1.82, 2.24) is 9.58 Å². The van der Waals surface area contributed by atoms with E-state index in [9.17, 15) is 18.0 Å². The van der Waals surface area contributed by atoms with Crippen molar-refractivity contribution >= 4 is 29.0 Å². The minimum absolute atomic E-state index is 0.228. The smallest absolute Gasteiger partial charge is 0.316 e. The highest BCUT2D eigenvalue weighted by Crippen LogP contribution is 2.44. The molecule has 2 heterocycles. The molecule has 2 N–H and O–H groups in total. The van der Waals surface area contributed by atoms with Crippen LogP contribution in [-0.4, -0.2) is 16.7 Å². The lowest BCUT2D eigenvalue weighted by molar-refractivity contribution is -0.137. The van der Waals surface area contributed by atoms with Crippen molar-refractivity contribution in [2.24, 2.45) is 10.8 Å². The van der Waals surface area contributed by atoms with Gasteiger partial charge in [0.2, 0.25) is 0 Å². The number of alkyl halides is 3. The SMILES string of the molecule is NC(=O)[N+]1(c2ccc(C(F)(F)F)cc2)N=C(c2ccccc2)CC1c1ccc(Cl)nc1. The first-order valence-corrected chi connectivity index (χ1v) is 9.72. The van der Waals surface area contributed by atoms with Crippen molar-refractivity contribution in [1.29, 1.82) is 0 Å². The van der Waals surface area contributed by atoms with E-state index < -0.39 is 28.4 Å². The van der Waals surface area contributed by atoms with Crippen LogP contribution in [0.3, 0.4) is 0 Å². The van der Waals surface area contributed by atoms with Crippen molar-refractivity contribution in [3.05, 3.63) is 94.8 Å². The van der Waals surface area contributed by atoms with Crippen LogP contribution in [-0.2, 0) is 6.18 Å². The van der Waals surface area contributed by atoms with Crippen LogP contribution in [0.25, 0.3) is 0 Å². The topological polar surface area (TPSA) is 68.3 Å². The number of quaternary nitrogens is 1. The minimum atomic E-state index is -4.50. The number of carbonyl (C=O) groups excluding carboxylic acids is 1. The Balaban J connectivity index is 1.90. The van der Waals surface area contributed by atoms with Crippen molar-refractivity contribution in [3.63, 3.8) is 0 Å². The molecule has 9 heteroatoms. The third-order valence-electron chi connectivity index (χ3n) is 5.28. The first kappa shape index (κ1) is 21.0. The summed E-state index contributed by atoms with van der Waals surface area (Å²) in [5.74, 6) is 0. The Morgan fingerprint density at radius 2 is 1.71 bits per heavy atom. The van der Waals surface area contributed by atoms with Gasteiger partial charge in [-0.15, -0.1) is 0 Å². The maximum absolute atomic E-state index is 13.1. The normalized spacial score (nSPS) is 21.0. The minimum Gasteiger partial charge on any atom is -0.316 e. The summed E-state index contributed by atoms with van der Waals surface area (Å²) in [6.07, 6.45) is -2.65. The van der Waals surface area contributed by atoms with Crippen molar-refractivity contribution in [3.8, 4) is 0 Å². The van der Waals surface area contributed by atoms with E-state index in [4.69, 9.17) is 17.3 Å². The van der Waals surface area contributed by atoms with Gasteiger partial charge in [0.25, 0.3) is 0 Å². The van der Waals surface area contributed by atoms with Crippen LogP contribution in [0, 0.1) is 0 Å². The molecule has 1 aliphatic rings. The number of nitrogens with zero attached hydrogens (tertiary/aromatic N) is 3. The fraction of sp³-hybridized carbons (Fsp3) is 0.136.